The highest BCUT2D eigenvalue weighted by atomic mass is 79.9. The van der Waals surface area contributed by atoms with Gasteiger partial charge in [0.2, 0.25) is 0 Å². The third kappa shape index (κ3) is 2.46. The van der Waals surface area contributed by atoms with E-state index in [0.29, 0.717) is 0 Å². The van der Waals surface area contributed by atoms with Gasteiger partial charge in [-0.15, -0.1) is 11.3 Å². The highest BCUT2D eigenvalue weighted by Gasteiger charge is 2.27. The largest absolute Gasteiger partial charge is 0.360 e. The fourth-order valence-corrected chi connectivity index (χ4v) is 2.86. The summed E-state index contributed by atoms with van der Waals surface area (Å²) in [6.07, 6.45) is 2.52. The molecular weight excluding hydrogens is 262 g/mol. The van der Waals surface area contributed by atoms with E-state index in [2.05, 4.69) is 38.5 Å². The molecule has 1 aromatic heterocycles. The van der Waals surface area contributed by atoms with E-state index in [0.717, 1.165) is 22.8 Å². The summed E-state index contributed by atoms with van der Waals surface area (Å²) in [5, 5.41) is 9.86. The summed E-state index contributed by atoms with van der Waals surface area (Å²) in [5.41, 5.74) is 0.248. The van der Waals surface area contributed by atoms with Gasteiger partial charge in [0.15, 0.2) is 5.13 Å². The van der Waals surface area contributed by atoms with Gasteiger partial charge in [0.25, 0.3) is 0 Å². The quantitative estimate of drug-likeness (QED) is 0.890. The summed E-state index contributed by atoms with van der Waals surface area (Å²) >= 11 is 4.98. The molecule has 0 spiro atoms. The zero-order valence-corrected chi connectivity index (χ0v) is 10.5. The van der Waals surface area contributed by atoms with E-state index in [1.807, 2.05) is 5.38 Å². The van der Waals surface area contributed by atoms with Crippen LogP contribution < -0.4 is 10.6 Å². The molecule has 3 nitrogen and oxygen atoms in total. The number of aromatic nitrogens is 1. The minimum absolute atomic E-state index is 0.248. The molecule has 2 heterocycles. The van der Waals surface area contributed by atoms with Crippen molar-refractivity contribution < 1.29 is 0 Å². The molecule has 78 valence electrons. The lowest BCUT2D eigenvalue weighted by Crippen LogP contribution is -2.42. The third-order valence-corrected chi connectivity index (χ3v) is 4.07. The number of thiazole rings is 1. The maximum absolute atomic E-state index is 4.30. The molecule has 0 aliphatic carbocycles. The number of halogens is 1. The first-order valence-corrected chi connectivity index (χ1v) is 6.45. The Bertz CT molecular complexity index is 307. The second-order valence-electron chi connectivity index (χ2n) is 3.92. The van der Waals surface area contributed by atoms with E-state index in [4.69, 9.17) is 0 Å². The SMILES string of the molecule is CC1(CNc2nc(Br)cs2)CCCN1. The van der Waals surface area contributed by atoms with Crippen LogP contribution in [0, 0.1) is 0 Å². The predicted octanol–water partition coefficient (Wildman–Crippen LogP) is 2.46. The van der Waals surface area contributed by atoms with Crippen LogP contribution in [0.25, 0.3) is 0 Å². The van der Waals surface area contributed by atoms with Gasteiger partial charge in [-0.1, -0.05) is 0 Å². The monoisotopic (exact) mass is 275 g/mol. The number of anilines is 1. The van der Waals surface area contributed by atoms with Crippen molar-refractivity contribution >= 4 is 32.4 Å². The van der Waals surface area contributed by atoms with Crippen LogP contribution in [0.1, 0.15) is 19.8 Å². The number of rotatable bonds is 3. The molecule has 1 aromatic rings. The van der Waals surface area contributed by atoms with E-state index >= 15 is 0 Å². The minimum atomic E-state index is 0.248. The fraction of sp³-hybridized carbons (Fsp3) is 0.667. The first-order chi connectivity index (χ1) is 6.68. The maximum atomic E-state index is 4.30. The molecule has 2 N–H and O–H groups in total. The summed E-state index contributed by atoms with van der Waals surface area (Å²) in [5.74, 6) is 0. The van der Waals surface area contributed by atoms with Gasteiger partial charge in [-0.25, -0.2) is 4.98 Å². The lowest BCUT2D eigenvalue weighted by atomic mass is 10.0. The van der Waals surface area contributed by atoms with Crippen LogP contribution in [0.3, 0.4) is 0 Å². The lowest BCUT2D eigenvalue weighted by Gasteiger charge is -2.24. The number of hydrogen-bond donors (Lipinski definition) is 2. The molecule has 0 radical (unpaired) electrons. The summed E-state index contributed by atoms with van der Waals surface area (Å²) in [7, 11) is 0. The highest BCUT2D eigenvalue weighted by molar-refractivity contribution is 9.10. The van der Waals surface area contributed by atoms with Crippen molar-refractivity contribution in [3.8, 4) is 0 Å². The Labute approximate surface area is 96.4 Å². The third-order valence-electron chi connectivity index (χ3n) is 2.56. The molecule has 2 rings (SSSR count). The average Bonchev–Trinajstić information content (AvgIpc) is 2.73. The first-order valence-electron chi connectivity index (χ1n) is 4.78. The van der Waals surface area contributed by atoms with Crippen molar-refractivity contribution in [1.82, 2.24) is 10.3 Å². The smallest absolute Gasteiger partial charge is 0.183 e. The Morgan fingerprint density at radius 3 is 3.21 bits per heavy atom. The second-order valence-corrected chi connectivity index (χ2v) is 5.59. The van der Waals surface area contributed by atoms with Gasteiger partial charge < -0.3 is 10.6 Å². The second kappa shape index (κ2) is 4.16. The Morgan fingerprint density at radius 1 is 1.79 bits per heavy atom. The summed E-state index contributed by atoms with van der Waals surface area (Å²) in [6, 6.07) is 0. The molecule has 1 atom stereocenters. The lowest BCUT2D eigenvalue weighted by molar-refractivity contribution is 0.439. The topological polar surface area (TPSA) is 37.0 Å². The van der Waals surface area contributed by atoms with Crippen molar-refractivity contribution in [1.29, 1.82) is 0 Å². The zero-order chi connectivity index (χ0) is 10.0. The summed E-state index contributed by atoms with van der Waals surface area (Å²) < 4.78 is 0.912. The van der Waals surface area contributed by atoms with Gasteiger partial charge in [0.05, 0.1) is 0 Å². The fourth-order valence-electron chi connectivity index (χ4n) is 1.71. The summed E-state index contributed by atoms with van der Waals surface area (Å²) in [6.45, 7) is 4.35. The molecule has 0 aromatic carbocycles. The van der Waals surface area contributed by atoms with Crippen molar-refractivity contribution in [2.45, 2.75) is 25.3 Å². The molecule has 5 heteroatoms. The van der Waals surface area contributed by atoms with E-state index < -0.39 is 0 Å². The van der Waals surface area contributed by atoms with E-state index in [1.165, 1.54) is 12.8 Å². The van der Waals surface area contributed by atoms with E-state index in [-0.39, 0.29) is 5.54 Å². The van der Waals surface area contributed by atoms with Crippen LogP contribution in [0.15, 0.2) is 9.98 Å². The van der Waals surface area contributed by atoms with Gasteiger partial charge in [0, 0.05) is 17.5 Å². The van der Waals surface area contributed by atoms with E-state index in [9.17, 15) is 0 Å². The number of nitrogens with zero attached hydrogens (tertiary/aromatic N) is 1. The number of nitrogens with one attached hydrogen (secondary N) is 2. The van der Waals surface area contributed by atoms with Crippen molar-refractivity contribution in [3.63, 3.8) is 0 Å². The van der Waals surface area contributed by atoms with Crippen molar-refractivity contribution in [2.75, 3.05) is 18.4 Å². The Kier molecular flexibility index (Phi) is 3.09. The zero-order valence-electron chi connectivity index (χ0n) is 8.14. The molecule has 0 bridgehead atoms. The maximum Gasteiger partial charge on any atom is 0.183 e. The average molecular weight is 276 g/mol. The molecule has 1 unspecified atom stereocenters. The van der Waals surface area contributed by atoms with Crippen LogP contribution >= 0.6 is 27.3 Å². The Morgan fingerprint density at radius 2 is 2.64 bits per heavy atom. The van der Waals surface area contributed by atoms with E-state index in [1.54, 1.807) is 11.3 Å². The minimum Gasteiger partial charge on any atom is -0.360 e. The molecule has 14 heavy (non-hydrogen) atoms. The normalized spacial score (nSPS) is 26.7. The predicted molar refractivity (Wildman–Crippen MR) is 63.9 cm³/mol. The summed E-state index contributed by atoms with van der Waals surface area (Å²) in [4.78, 5) is 4.30. The Balaban J connectivity index is 1.87. The van der Waals surface area contributed by atoms with Gasteiger partial charge >= 0.3 is 0 Å². The molecule has 1 saturated heterocycles. The van der Waals surface area contributed by atoms with Crippen LogP contribution in [-0.4, -0.2) is 23.6 Å². The van der Waals surface area contributed by atoms with Crippen molar-refractivity contribution in [2.24, 2.45) is 0 Å². The Hall–Kier alpha value is -0.130. The molecular formula is C9H14BrN3S. The van der Waals surface area contributed by atoms with Crippen LogP contribution in [0.2, 0.25) is 0 Å². The molecule has 1 aliphatic rings. The standard InChI is InChI=1S/C9H14BrN3S/c1-9(3-2-4-12-9)6-11-8-13-7(10)5-14-8/h5,12H,2-4,6H2,1H3,(H,11,13). The van der Waals surface area contributed by atoms with Crippen LogP contribution in [0.4, 0.5) is 5.13 Å². The molecule has 1 aliphatic heterocycles. The highest BCUT2D eigenvalue weighted by Crippen LogP contribution is 2.22. The molecule has 0 saturated carbocycles. The van der Waals surface area contributed by atoms with Gasteiger partial charge in [-0.05, 0) is 42.2 Å². The first kappa shape index (κ1) is 10.4. The van der Waals surface area contributed by atoms with Gasteiger partial charge in [-0.2, -0.15) is 0 Å². The number of hydrogen-bond acceptors (Lipinski definition) is 4. The van der Waals surface area contributed by atoms with Gasteiger partial charge in [0.1, 0.15) is 4.60 Å². The molecule has 1 fully saturated rings. The van der Waals surface area contributed by atoms with Crippen molar-refractivity contribution in [3.05, 3.63) is 9.98 Å². The molecule has 0 amide bonds. The van der Waals surface area contributed by atoms with Crippen LogP contribution in [0.5, 0.6) is 0 Å². The van der Waals surface area contributed by atoms with Gasteiger partial charge in [-0.3, -0.25) is 0 Å². The van der Waals surface area contributed by atoms with Crippen LogP contribution in [-0.2, 0) is 0 Å².